The maximum atomic E-state index is 10.5. The Morgan fingerprint density at radius 2 is 2.04 bits per heavy atom. The number of aryl methyl sites for hydroxylation is 1. The summed E-state index contributed by atoms with van der Waals surface area (Å²) in [6, 6.07) is 14.1. The first kappa shape index (κ1) is 15.8. The second-order valence-corrected chi connectivity index (χ2v) is 6.49. The van der Waals surface area contributed by atoms with E-state index in [1.807, 2.05) is 18.2 Å². The zero-order valence-electron chi connectivity index (χ0n) is 14.2. The number of rotatable bonds is 3. The van der Waals surface area contributed by atoms with Crippen LogP contribution in [0.15, 0.2) is 59.4 Å². The second-order valence-electron chi connectivity index (χ2n) is 6.49. The Kier molecular flexibility index (Phi) is 4.20. The molecule has 0 saturated heterocycles. The van der Waals surface area contributed by atoms with Gasteiger partial charge >= 0.3 is 0 Å². The number of benzene rings is 2. The molecule has 4 nitrogen and oxygen atoms in total. The van der Waals surface area contributed by atoms with Crippen LogP contribution in [-0.4, -0.2) is 23.2 Å². The van der Waals surface area contributed by atoms with Crippen molar-refractivity contribution in [2.24, 2.45) is 0 Å². The van der Waals surface area contributed by atoms with Gasteiger partial charge in [0.15, 0.2) is 11.5 Å². The molecule has 2 aromatic carbocycles. The van der Waals surface area contributed by atoms with Crippen LogP contribution in [-0.2, 0) is 13.1 Å². The molecule has 0 unspecified atom stereocenters. The number of phenolic OH excluding ortho intramolecular Hbond substituents is 1. The van der Waals surface area contributed by atoms with Crippen molar-refractivity contribution in [2.75, 3.05) is 13.2 Å². The molecule has 1 aliphatic heterocycles. The molecule has 1 N–H and O–H groups in total. The van der Waals surface area contributed by atoms with Gasteiger partial charge in [-0.3, -0.25) is 4.90 Å². The maximum Gasteiger partial charge on any atom is 0.165 e. The van der Waals surface area contributed by atoms with Crippen LogP contribution in [0.4, 0.5) is 0 Å². The first-order chi connectivity index (χ1) is 12.2. The largest absolute Gasteiger partial charge is 0.504 e. The van der Waals surface area contributed by atoms with Crippen molar-refractivity contribution >= 4 is 0 Å². The number of hydrogen-bond donors (Lipinski definition) is 1. The third-order valence-corrected chi connectivity index (χ3v) is 4.64. The van der Waals surface area contributed by atoms with E-state index < -0.39 is 0 Å². The van der Waals surface area contributed by atoms with Crippen molar-refractivity contribution in [2.45, 2.75) is 20.0 Å². The van der Waals surface area contributed by atoms with Gasteiger partial charge in [0, 0.05) is 30.8 Å². The van der Waals surface area contributed by atoms with Gasteiger partial charge in [-0.2, -0.15) is 0 Å². The summed E-state index contributed by atoms with van der Waals surface area (Å²) in [4.78, 5) is 2.30. The summed E-state index contributed by atoms with van der Waals surface area (Å²) in [5.41, 5.74) is 5.49. The van der Waals surface area contributed by atoms with E-state index in [1.165, 1.54) is 5.56 Å². The lowest BCUT2D eigenvalue weighted by Crippen LogP contribution is -2.25. The molecule has 0 radical (unpaired) electrons. The molecule has 0 bridgehead atoms. The predicted octanol–water partition coefficient (Wildman–Crippen LogP) is 4.36. The first-order valence-corrected chi connectivity index (χ1v) is 8.49. The molecule has 0 saturated carbocycles. The molecule has 0 fully saturated rings. The SMILES string of the molecule is Cc1ccccc1-c1cc(O)c2c(c1)CN(Cc1ccoc1)CCO2. The Hall–Kier alpha value is -2.72. The highest BCUT2D eigenvalue weighted by Gasteiger charge is 2.20. The number of ether oxygens (including phenoxy) is 1. The highest BCUT2D eigenvalue weighted by atomic mass is 16.5. The monoisotopic (exact) mass is 335 g/mol. The van der Waals surface area contributed by atoms with Crippen LogP contribution in [0.25, 0.3) is 11.1 Å². The van der Waals surface area contributed by atoms with Crippen LogP contribution in [0.1, 0.15) is 16.7 Å². The minimum atomic E-state index is 0.209. The molecule has 0 amide bonds. The molecule has 0 aliphatic carbocycles. The Bertz CT molecular complexity index is 871. The highest BCUT2D eigenvalue weighted by molar-refractivity contribution is 5.71. The van der Waals surface area contributed by atoms with E-state index in [0.29, 0.717) is 12.4 Å². The predicted molar refractivity (Wildman–Crippen MR) is 96.6 cm³/mol. The number of hydrogen-bond acceptors (Lipinski definition) is 4. The van der Waals surface area contributed by atoms with E-state index in [9.17, 15) is 5.11 Å². The van der Waals surface area contributed by atoms with Crippen molar-refractivity contribution in [1.82, 2.24) is 4.90 Å². The van der Waals surface area contributed by atoms with E-state index >= 15 is 0 Å². The summed E-state index contributed by atoms with van der Waals surface area (Å²) < 4.78 is 11.0. The molecular formula is C21H21NO3. The van der Waals surface area contributed by atoms with E-state index in [1.54, 1.807) is 18.6 Å². The molecule has 3 aromatic rings. The Balaban J connectivity index is 1.68. The molecule has 25 heavy (non-hydrogen) atoms. The van der Waals surface area contributed by atoms with Gasteiger partial charge in [-0.15, -0.1) is 0 Å². The third-order valence-electron chi connectivity index (χ3n) is 4.64. The van der Waals surface area contributed by atoms with Crippen LogP contribution in [0, 0.1) is 6.92 Å². The van der Waals surface area contributed by atoms with Crippen molar-refractivity contribution in [1.29, 1.82) is 0 Å². The van der Waals surface area contributed by atoms with E-state index in [-0.39, 0.29) is 5.75 Å². The number of aromatic hydroxyl groups is 1. The molecular weight excluding hydrogens is 314 g/mol. The molecule has 2 heterocycles. The molecule has 4 heteroatoms. The van der Waals surface area contributed by atoms with Gasteiger partial charge in [0.2, 0.25) is 0 Å². The Morgan fingerprint density at radius 1 is 1.16 bits per heavy atom. The van der Waals surface area contributed by atoms with Crippen molar-refractivity contribution in [3.05, 3.63) is 71.7 Å². The van der Waals surface area contributed by atoms with Crippen LogP contribution in [0.3, 0.4) is 0 Å². The fourth-order valence-electron chi connectivity index (χ4n) is 3.38. The number of fused-ring (bicyclic) bond motifs is 1. The topological polar surface area (TPSA) is 45.8 Å². The van der Waals surface area contributed by atoms with Gasteiger partial charge in [0.05, 0.1) is 12.5 Å². The van der Waals surface area contributed by atoms with Gasteiger partial charge in [-0.05, 0) is 41.8 Å². The first-order valence-electron chi connectivity index (χ1n) is 8.49. The quantitative estimate of drug-likeness (QED) is 0.773. The molecule has 4 rings (SSSR count). The van der Waals surface area contributed by atoms with Crippen LogP contribution >= 0.6 is 0 Å². The van der Waals surface area contributed by atoms with Gasteiger partial charge in [0.1, 0.15) is 6.61 Å². The Morgan fingerprint density at radius 3 is 2.84 bits per heavy atom. The molecule has 128 valence electrons. The average Bonchev–Trinajstić information content (AvgIpc) is 3.01. The summed E-state index contributed by atoms with van der Waals surface area (Å²) >= 11 is 0. The number of furan rings is 1. The summed E-state index contributed by atoms with van der Waals surface area (Å²) in [5.74, 6) is 0.813. The van der Waals surface area contributed by atoms with E-state index in [4.69, 9.17) is 9.15 Å². The lowest BCUT2D eigenvalue weighted by molar-refractivity contribution is 0.217. The maximum absolute atomic E-state index is 10.5. The van der Waals surface area contributed by atoms with Crippen LogP contribution in [0.2, 0.25) is 0 Å². The highest BCUT2D eigenvalue weighted by Crippen LogP contribution is 2.38. The summed E-state index contributed by atoms with van der Waals surface area (Å²) in [6.07, 6.45) is 3.47. The second kappa shape index (κ2) is 6.65. The van der Waals surface area contributed by atoms with Crippen LogP contribution < -0.4 is 4.74 Å². The molecule has 1 aromatic heterocycles. The summed E-state index contributed by atoms with van der Waals surface area (Å²) in [7, 11) is 0. The van der Waals surface area contributed by atoms with Gasteiger partial charge in [-0.1, -0.05) is 24.3 Å². The number of phenols is 1. The standard InChI is InChI=1S/C21H21NO3/c1-15-4-2-3-5-19(15)17-10-18-13-22(12-16-6-8-24-14-16)7-9-25-21(18)20(23)11-17/h2-6,8,10-11,14,23H,7,9,12-13H2,1H3. The summed E-state index contributed by atoms with van der Waals surface area (Å²) in [6.45, 7) is 4.98. The zero-order valence-corrected chi connectivity index (χ0v) is 14.2. The normalized spacial score (nSPS) is 14.6. The fraction of sp³-hybridized carbons (Fsp3) is 0.238. The van der Waals surface area contributed by atoms with Crippen molar-refractivity contribution < 1.29 is 14.3 Å². The van der Waals surface area contributed by atoms with Gasteiger partial charge < -0.3 is 14.3 Å². The zero-order chi connectivity index (χ0) is 17.2. The van der Waals surface area contributed by atoms with E-state index in [0.717, 1.165) is 41.9 Å². The summed E-state index contributed by atoms with van der Waals surface area (Å²) in [5, 5.41) is 10.5. The van der Waals surface area contributed by atoms with E-state index in [2.05, 4.69) is 30.0 Å². The lowest BCUT2D eigenvalue weighted by Gasteiger charge is -2.18. The van der Waals surface area contributed by atoms with Gasteiger partial charge in [0.25, 0.3) is 0 Å². The minimum absolute atomic E-state index is 0.209. The smallest absolute Gasteiger partial charge is 0.165 e. The average molecular weight is 335 g/mol. The molecule has 0 spiro atoms. The number of nitrogens with zero attached hydrogens (tertiary/aromatic N) is 1. The van der Waals surface area contributed by atoms with Crippen LogP contribution in [0.5, 0.6) is 11.5 Å². The molecule has 0 atom stereocenters. The fourth-order valence-corrected chi connectivity index (χ4v) is 3.38. The van der Waals surface area contributed by atoms with Crippen molar-refractivity contribution in [3.63, 3.8) is 0 Å². The van der Waals surface area contributed by atoms with Gasteiger partial charge in [-0.25, -0.2) is 0 Å². The Labute approximate surface area is 147 Å². The molecule has 1 aliphatic rings. The third kappa shape index (κ3) is 3.26. The van der Waals surface area contributed by atoms with Crippen molar-refractivity contribution in [3.8, 4) is 22.6 Å². The lowest BCUT2D eigenvalue weighted by atomic mass is 9.98. The minimum Gasteiger partial charge on any atom is -0.504 e.